The molecule has 3 atom stereocenters. The maximum atomic E-state index is 13.3. The van der Waals surface area contributed by atoms with Crippen molar-refractivity contribution in [3.05, 3.63) is 81.8 Å². The van der Waals surface area contributed by atoms with E-state index in [9.17, 15) is 19.2 Å². The average molecular weight is 902 g/mol. The van der Waals surface area contributed by atoms with Crippen LogP contribution in [0.25, 0.3) is 22.4 Å². The molecule has 1 aromatic heterocycles. The van der Waals surface area contributed by atoms with Gasteiger partial charge in [-0.15, -0.1) is 0 Å². The minimum atomic E-state index is -0.587. The summed E-state index contributed by atoms with van der Waals surface area (Å²) in [6.45, 7) is 23.6. The summed E-state index contributed by atoms with van der Waals surface area (Å²) in [6, 6.07) is 13.6. The third kappa shape index (κ3) is 13.3. The van der Waals surface area contributed by atoms with Gasteiger partial charge in [0.15, 0.2) is 5.94 Å². The van der Waals surface area contributed by atoms with Crippen molar-refractivity contribution in [2.75, 3.05) is 33.1 Å². The molecule has 1 aliphatic heterocycles. The molecule has 11 nitrogen and oxygen atoms in total. The highest BCUT2D eigenvalue weighted by Crippen LogP contribution is 2.43. The lowest BCUT2D eigenvalue weighted by molar-refractivity contribution is -0.128. The first-order valence-electron chi connectivity index (χ1n) is 23.4. The molecule has 0 saturated carbocycles. The van der Waals surface area contributed by atoms with Crippen LogP contribution in [0.3, 0.4) is 0 Å². The van der Waals surface area contributed by atoms with Gasteiger partial charge in [0.1, 0.15) is 5.57 Å². The van der Waals surface area contributed by atoms with E-state index in [0.717, 1.165) is 77.3 Å². The Balaban J connectivity index is 0.000000518. The number of rotatable bonds is 16. The normalized spacial score (nSPS) is 15.1. The number of benzene rings is 2. The predicted molar refractivity (Wildman–Crippen MR) is 265 cm³/mol. The zero-order valence-electron chi connectivity index (χ0n) is 41.3. The van der Waals surface area contributed by atoms with Crippen LogP contribution >= 0.6 is 11.6 Å². The Kier molecular flexibility index (Phi) is 23.0. The Hall–Kier alpha value is -4.96. The van der Waals surface area contributed by atoms with E-state index in [1.54, 1.807) is 26.2 Å². The Morgan fingerprint density at radius 1 is 1.00 bits per heavy atom. The quantitative estimate of drug-likeness (QED) is 0.0951. The minimum Gasteiger partial charge on any atom is -0.481 e. The number of ether oxygens (including phenoxy) is 1. The number of likely N-dealkylation sites (N-methyl/N-ethyl adjacent to an activating group) is 1. The lowest BCUT2D eigenvalue weighted by Crippen LogP contribution is -2.49. The van der Waals surface area contributed by atoms with E-state index in [2.05, 4.69) is 51.3 Å². The number of aryl methyl sites for hydroxylation is 1. The molecule has 3 unspecified atom stereocenters. The van der Waals surface area contributed by atoms with Crippen molar-refractivity contribution < 1.29 is 23.9 Å². The zero-order chi connectivity index (χ0) is 48.3. The number of hydrogen-bond donors (Lipinski definition) is 3. The smallest absolute Gasteiger partial charge is 0.266 e. The number of aromatic nitrogens is 1. The summed E-state index contributed by atoms with van der Waals surface area (Å²) >= 11 is 7.07. The zero-order valence-corrected chi connectivity index (χ0v) is 42.0. The molecule has 5 rings (SSSR count). The number of carbonyl (C=O) groups excluding carboxylic acids is 4. The number of carbonyl (C=O) groups is 3. The van der Waals surface area contributed by atoms with E-state index < -0.39 is 11.8 Å². The van der Waals surface area contributed by atoms with Crippen molar-refractivity contribution >= 4 is 41.0 Å². The molecule has 2 aromatic carbocycles. The molecule has 1 aliphatic carbocycles. The van der Waals surface area contributed by atoms with Crippen molar-refractivity contribution in [2.24, 2.45) is 17.6 Å². The van der Waals surface area contributed by atoms with E-state index in [0.29, 0.717) is 35.5 Å². The molecule has 0 bridgehead atoms. The highest BCUT2D eigenvalue weighted by molar-refractivity contribution is 6.36. The number of nitrogens with one attached hydrogen (secondary N) is 2. The van der Waals surface area contributed by atoms with Crippen LogP contribution in [-0.2, 0) is 32.0 Å². The molecule has 0 fully saturated rings. The predicted octanol–water partition coefficient (Wildman–Crippen LogP) is 11.1. The number of pyridine rings is 1. The fraction of sp³-hybridized carbons (Fsp3) is 0.538. The van der Waals surface area contributed by atoms with Crippen LogP contribution in [0.4, 0.5) is 5.69 Å². The van der Waals surface area contributed by atoms with Crippen LogP contribution in [0.1, 0.15) is 144 Å². The Labute approximate surface area is 389 Å². The SMILES string of the molecule is CC.CC.CCC(C)CCC(CC)(CC)NC(=O)C(C)CCN.CCc1c(NC(=O)C2=CN(C)C(=C=O)N(C)C2=O)cccc1-c1cccc(-c2cc3c(c(OC)n2)C(C)CC3)c1Cl. The van der Waals surface area contributed by atoms with Crippen LogP contribution in [0.2, 0.25) is 5.02 Å². The lowest BCUT2D eigenvalue weighted by Gasteiger charge is -2.35. The van der Waals surface area contributed by atoms with E-state index in [-0.39, 0.29) is 28.8 Å². The van der Waals surface area contributed by atoms with Crippen molar-refractivity contribution in [3.8, 4) is 28.3 Å². The molecule has 0 radical (unpaired) electrons. The summed E-state index contributed by atoms with van der Waals surface area (Å²) in [5.74, 6) is 2.55. The largest absolute Gasteiger partial charge is 0.481 e. The van der Waals surface area contributed by atoms with Gasteiger partial charge in [-0.05, 0) is 98.6 Å². The molecule has 64 heavy (non-hydrogen) atoms. The second kappa shape index (κ2) is 26.7. The number of anilines is 1. The summed E-state index contributed by atoms with van der Waals surface area (Å²) < 4.78 is 5.67. The second-order valence-corrected chi connectivity index (χ2v) is 16.7. The Morgan fingerprint density at radius 2 is 1.62 bits per heavy atom. The number of nitrogens with zero attached hydrogens (tertiary/aromatic N) is 3. The van der Waals surface area contributed by atoms with Gasteiger partial charge in [0.2, 0.25) is 17.6 Å². The third-order valence-corrected chi connectivity index (χ3v) is 12.8. The summed E-state index contributed by atoms with van der Waals surface area (Å²) in [5.41, 5.74) is 12.5. The first-order chi connectivity index (χ1) is 30.6. The standard InChI is InChI=1S/C32H31ClN4O4.C16H34N2O.2C2H6/c1-6-20-21(9-8-12-25(20)34-30(39)24-16-36(3)27(17-38)37(4)32(24)40)22-10-7-11-23(29(22)33)26-15-19-14-13-18(2)28(19)31(35-26)41-5;1-6-13(4)9-11-16(7-2,8-3)18-15(19)14(5)10-12-17;2*1-2/h7-12,15-16,18H,6,13-14H2,1-5H3,(H,34,39);13-14H,6-12,17H2,1-5H3,(H,18,19);2*1-2H3. The Morgan fingerprint density at radius 3 is 2.20 bits per heavy atom. The molecule has 12 heteroatoms. The highest BCUT2D eigenvalue weighted by atomic mass is 35.5. The lowest BCUT2D eigenvalue weighted by atomic mass is 9.84. The van der Waals surface area contributed by atoms with Crippen LogP contribution in [-0.4, -0.2) is 71.7 Å². The number of methoxy groups -OCH3 is 1. The molecule has 3 amide bonds. The third-order valence-electron chi connectivity index (χ3n) is 12.4. The van der Waals surface area contributed by atoms with Gasteiger partial charge in [0.05, 0.1) is 17.8 Å². The summed E-state index contributed by atoms with van der Waals surface area (Å²) in [7, 11) is 4.65. The number of nitrogens with two attached hydrogens (primary N) is 1. The van der Waals surface area contributed by atoms with Gasteiger partial charge < -0.3 is 26.0 Å². The van der Waals surface area contributed by atoms with E-state index in [1.807, 2.05) is 71.9 Å². The maximum absolute atomic E-state index is 13.3. The summed E-state index contributed by atoms with van der Waals surface area (Å²) in [6.07, 6.45) is 10.2. The van der Waals surface area contributed by atoms with Crippen LogP contribution in [0.15, 0.2) is 60.1 Å². The number of fused-ring (bicyclic) bond motifs is 1. The van der Waals surface area contributed by atoms with Crippen molar-refractivity contribution in [2.45, 2.75) is 145 Å². The maximum Gasteiger partial charge on any atom is 0.266 e. The van der Waals surface area contributed by atoms with Gasteiger partial charge >= 0.3 is 0 Å². The van der Waals surface area contributed by atoms with E-state index in [4.69, 9.17) is 27.1 Å². The van der Waals surface area contributed by atoms with Gasteiger partial charge in [0, 0.05) is 54.1 Å². The molecule has 0 saturated heterocycles. The monoisotopic (exact) mass is 901 g/mol. The van der Waals surface area contributed by atoms with E-state index >= 15 is 0 Å². The van der Waals surface area contributed by atoms with Crippen molar-refractivity contribution in [3.63, 3.8) is 0 Å². The van der Waals surface area contributed by atoms with Crippen molar-refractivity contribution in [1.29, 1.82) is 0 Å². The van der Waals surface area contributed by atoms with Crippen LogP contribution in [0, 0.1) is 11.8 Å². The first-order valence-corrected chi connectivity index (χ1v) is 23.8. The first kappa shape index (κ1) is 55.2. The van der Waals surface area contributed by atoms with Crippen LogP contribution < -0.4 is 21.1 Å². The fourth-order valence-electron chi connectivity index (χ4n) is 8.05. The molecule has 2 heterocycles. The highest BCUT2D eigenvalue weighted by Gasteiger charge is 2.33. The summed E-state index contributed by atoms with van der Waals surface area (Å²) in [5, 5.41) is 6.75. The second-order valence-electron chi connectivity index (χ2n) is 16.3. The van der Waals surface area contributed by atoms with E-state index in [1.165, 1.54) is 42.1 Å². The number of hydrogen-bond acceptors (Lipinski definition) is 8. The fourth-order valence-corrected chi connectivity index (χ4v) is 8.37. The average Bonchev–Trinajstić information content (AvgIpc) is 3.70. The number of halogens is 1. The van der Waals surface area contributed by atoms with Gasteiger partial charge in [-0.2, -0.15) is 0 Å². The van der Waals surface area contributed by atoms with Gasteiger partial charge in [-0.25, -0.2) is 9.78 Å². The topological polar surface area (TPSA) is 147 Å². The molecular weight excluding hydrogens is 824 g/mol. The molecule has 0 spiro atoms. The van der Waals surface area contributed by atoms with Gasteiger partial charge in [0.25, 0.3) is 11.8 Å². The van der Waals surface area contributed by atoms with Crippen LogP contribution in [0.5, 0.6) is 5.88 Å². The van der Waals surface area contributed by atoms with Gasteiger partial charge in [-0.3, -0.25) is 19.3 Å². The Bertz CT molecular complexity index is 2110. The molecule has 352 valence electrons. The number of amides is 3. The van der Waals surface area contributed by atoms with Crippen molar-refractivity contribution in [1.82, 2.24) is 20.1 Å². The molecule has 4 N–H and O–H groups in total. The molecular formula is C52H77ClN6O5. The minimum absolute atomic E-state index is 0.0195. The summed E-state index contributed by atoms with van der Waals surface area (Å²) in [4.78, 5) is 56.8. The molecule has 2 aliphatic rings. The van der Waals surface area contributed by atoms with Gasteiger partial charge in [-0.1, -0.05) is 125 Å². The molecule has 3 aromatic rings.